The van der Waals surface area contributed by atoms with E-state index < -0.39 is 17.4 Å². The van der Waals surface area contributed by atoms with Gasteiger partial charge in [0.15, 0.2) is 0 Å². The van der Waals surface area contributed by atoms with Crippen molar-refractivity contribution in [2.24, 2.45) is 5.92 Å². The highest BCUT2D eigenvalue weighted by molar-refractivity contribution is 6.00. The Labute approximate surface area is 130 Å². The Morgan fingerprint density at radius 3 is 2.50 bits per heavy atom. The molecular weight excluding hydrogens is 282 g/mol. The molecule has 0 spiro atoms. The Bertz CT molecular complexity index is 547. The van der Waals surface area contributed by atoms with E-state index in [1.807, 2.05) is 0 Å². The van der Waals surface area contributed by atoms with Crippen molar-refractivity contribution in [3.63, 3.8) is 0 Å². The van der Waals surface area contributed by atoms with Gasteiger partial charge in [-0.25, -0.2) is 4.79 Å². The summed E-state index contributed by atoms with van der Waals surface area (Å²) in [7, 11) is 1.49. The molecular formula is C17H23NO4. The average molecular weight is 305 g/mol. The molecule has 1 aromatic carbocycles. The third-order valence-corrected chi connectivity index (χ3v) is 4.65. The van der Waals surface area contributed by atoms with Gasteiger partial charge in [0, 0.05) is 0 Å². The predicted octanol–water partition coefficient (Wildman–Crippen LogP) is 2.85. The number of carboxylic acid groups (broad SMARTS) is 1. The molecule has 1 saturated carbocycles. The van der Waals surface area contributed by atoms with Crippen molar-refractivity contribution in [3.05, 3.63) is 29.8 Å². The molecule has 2 rings (SSSR count). The van der Waals surface area contributed by atoms with E-state index in [0.29, 0.717) is 30.1 Å². The van der Waals surface area contributed by atoms with Crippen LogP contribution in [0.3, 0.4) is 0 Å². The molecule has 1 aromatic rings. The molecule has 5 nitrogen and oxygen atoms in total. The zero-order chi connectivity index (χ0) is 16.2. The summed E-state index contributed by atoms with van der Waals surface area (Å²) in [6.07, 6.45) is 3.66. The summed E-state index contributed by atoms with van der Waals surface area (Å²) in [5.74, 6) is -0.349. The molecule has 0 saturated heterocycles. The van der Waals surface area contributed by atoms with Crippen LogP contribution in [-0.4, -0.2) is 29.6 Å². The second-order valence-corrected chi connectivity index (χ2v) is 5.89. The van der Waals surface area contributed by atoms with Crippen LogP contribution in [0.5, 0.6) is 5.75 Å². The van der Waals surface area contributed by atoms with Crippen molar-refractivity contribution in [3.8, 4) is 5.75 Å². The van der Waals surface area contributed by atoms with Crippen molar-refractivity contribution in [2.75, 3.05) is 7.11 Å². The number of hydrogen-bond acceptors (Lipinski definition) is 3. The summed E-state index contributed by atoms with van der Waals surface area (Å²) >= 11 is 0. The van der Waals surface area contributed by atoms with E-state index in [0.717, 1.165) is 19.3 Å². The lowest BCUT2D eigenvalue weighted by Crippen LogP contribution is -2.56. The minimum absolute atomic E-state index is 0.364. The minimum atomic E-state index is -1.16. The molecule has 0 bridgehead atoms. The molecule has 1 amide bonds. The van der Waals surface area contributed by atoms with Crippen LogP contribution in [-0.2, 0) is 4.79 Å². The summed E-state index contributed by atoms with van der Waals surface area (Å²) in [5.41, 5.74) is -0.799. The first-order valence-electron chi connectivity index (χ1n) is 7.71. The van der Waals surface area contributed by atoms with Crippen molar-refractivity contribution in [2.45, 2.75) is 44.6 Å². The third kappa shape index (κ3) is 3.24. The van der Waals surface area contributed by atoms with Crippen LogP contribution in [0, 0.1) is 5.92 Å². The molecule has 22 heavy (non-hydrogen) atoms. The molecule has 1 fully saturated rings. The van der Waals surface area contributed by atoms with Gasteiger partial charge in [0.25, 0.3) is 5.91 Å². The van der Waals surface area contributed by atoms with Crippen LogP contribution in [0.25, 0.3) is 0 Å². The Balaban J connectivity index is 2.18. The quantitative estimate of drug-likeness (QED) is 0.877. The molecule has 0 unspecified atom stereocenters. The smallest absolute Gasteiger partial charge is 0.329 e. The first-order chi connectivity index (χ1) is 10.5. The number of amides is 1. The molecule has 0 aromatic heterocycles. The molecule has 0 aliphatic heterocycles. The number of carboxylic acids is 1. The van der Waals surface area contributed by atoms with Gasteiger partial charge in [-0.3, -0.25) is 4.79 Å². The van der Waals surface area contributed by atoms with Crippen molar-refractivity contribution in [1.82, 2.24) is 5.32 Å². The molecule has 0 radical (unpaired) electrons. The van der Waals surface area contributed by atoms with E-state index in [1.54, 1.807) is 24.3 Å². The fourth-order valence-electron chi connectivity index (χ4n) is 3.09. The maximum absolute atomic E-state index is 12.5. The SMILES string of the molecule is CCC1CCC(NC(=O)c2ccccc2OC)(C(=O)O)CC1. The number of hydrogen-bond donors (Lipinski definition) is 2. The summed E-state index contributed by atoms with van der Waals surface area (Å²) in [6.45, 7) is 2.12. The largest absolute Gasteiger partial charge is 0.496 e. The highest BCUT2D eigenvalue weighted by Gasteiger charge is 2.43. The second-order valence-electron chi connectivity index (χ2n) is 5.89. The van der Waals surface area contributed by atoms with Crippen molar-refractivity contribution < 1.29 is 19.4 Å². The van der Waals surface area contributed by atoms with Crippen LogP contribution in [0.4, 0.5) is 0 Å². The normalized spacial score (nSPS) is 24.5. The van der Waals surface area contributed by atoms with E-state index in [2.05, 4.69) is 12.2 Å². The number of rotatable bonds is 5. The number of carbonyl (C=O) groups is 2. The van der Waals surface area contributed by atoms with Crippen LogP contribution < -0.4 is 10.1 Å². The maximum atomic E-state index is 12.5. The van der Waals surface area contributed by atoms with Gasteiger partial charge < -0.3 is 15.2 Å². The first kappa shape index (κ1) is 16.3. The van der Waals surface area contributed by atoms with Crippen LogP contribution in [0.2, 0.25) is 0 Å². The molecule has 5 heteroatoms. The van der Waals surface area contributed by atoms with E-state index in [4.69, 9.17) is 4.74 Å². The van der Waals surface area contributed by atoms with Crippen LogP contribution in [0.1, 0.15) is 49.4 Å². The monoisotopic (exact) mass is 305 g/mol. The number of nitrogens with one attached hydrogen (secondary N) is 1. The highest BCUT2D eigenvalue weighted by atomic mass is 16.5. The number of benzene rings is 1. The van der Waals surface area contributed by atoms with Gasteiger partial charge in [-0.2, -0.15) is 0 Å². The number of aliphatic carboxylic acids is 1. The summed E-state index contributed by atoms with van der Waals surface area (Å²) < 4.78 is 5.18. The molecule has 1 aliphatic rings. The first-order valence-corrected chi connectivity index (χ1v) is 7.71. The lowest BCUT2D eigenvalue weighted by atomic mass is 9.75. The Hall–Kier alpha value is -2.04. The zero-order valence-electron chi connectivity index (χ0n) is 13.1. The Morgan fingerprint density at radius 1 is 1.32 bits per heavy atom. The van der Waals surface area contributed by atoms with E-state index in [-0.39, 0.29) is 0 Å². The second kappa shape index (κ2) is 6.81. The van der Waals surface area contributed by atoms with Gasteiger partial charge >= 0.3 is 5.97 Å². The summed E-state index contributed by atoms with van der Waals surface area (Å²) in [6, 6.07) is 6.84. The lowest BCUT2D eigenvalue weighted by molar-refractivity contribution is -0.146. The fraction of sp³-hybridized carbons (Fsp3) is 0.529. The van der Waals surface area contributed by atoms with Gasteiger partial charge in [0.1, 0.15) is 11.3 Å². The molecule has 1 aliphatic carbocycles. The fourth-order valence-corrected chi connectivity index (χ4v) is 3.09. The van der Waals surface area contributed by atoms with Gasteiger partial charge in [-0.05, 0) is 43.7 Å². The van der Waals surface area contributed by atoms with E-state index in [1.165, 1.54) is 7.11 Å². The van der Waals surface area contributed by atoms with Gasteiger partial charge in [-0.1, -0.05) is 25.5 Å². The topological polar surface area (TPSA) is 75.6 Å². The number of methoxy groups -OCH3 is 1. The number of para-hydroxylation sites is 1. The van der Waals surface area contributed by atoms with Crippen molar-refractivity contribution >= 4 is 11.9 Å². The highest BCUT2D eigenvalue weighted by Crippen LogP contribution is 2.34. The van der Waals surface area contributed by atoms with Gasteiger partial charge in [0.2, 0.25) is 0 Å². The predicted molar refractivity (Wildman–Crippen MR) is 83.1 cm³/mol. The standard InChI is InChI=1S/C17H23NO4/c1-3-12-8-10-17(11-9-12,16(20)21)18-15(19)13-6-4-5-7-14(13)22-2/h4-7,12H,3,8-11H2,1-2H3,(H,18,19)(H,20,21). The molecule has 0 heterocycles. The average Bonchev–Trinajstić information content (AvgIpc) is 2.55. The van der Waals surface area contributed by atoms with Crippen LogP contribution >= 0.6 is 0 Å². The molecule has 2 N–H and O–H groups in total. The number of carbonyl (C=O) groups excluding carboxylic acids is 1. The maximum Gasteiger partial charge on any atom is 0.329 e. The van der Waals surface area contributed by atoms with E-state index >= 15 is 0 Å². The minimum Gasteiger partial charge on any atom is -0.496 e. The van der Waals surface area contributed by atoms with Gasteiger partial charge in [0.05, 0.1) is 12.7 Å². The molecule has 120 valence electrons. The van der Waals surface area contributed by atoms with Crippen molar-refractivity contribution in [1.29, 1.82) is 0 Å². The summed E-state index contributed by atoms with van der Waals surface area (Å²) in [4.78, 5) is 24.2. The third-order valence-electron chi connectivity index (χ3n) is 4.65. The Kier molecular flexibility index (Phi) is 5.06. The molecule has 0 atom stereocenters. The Morgan fingerprint density at radius 2 is 1.95 bits per heavy atom. The van der Waals surface area contributed by atoms with Gasteiger partial charge in [-0.15, -0.1) is 0 Å². The van der Waals surface area contributed by atoms with E-state index in [9.17, 15) is 14.7 Å². The lowest BCUT2D eigenvalue weighted by Gasteiger charge is -2.37. The van der Waals surface area contributed by atoms with Crippen LogP contribution in [0.15, 0.2) is 24.3 Å². The zero-order valence-corrected chi connectivity index (χ0v) is 13.1. The summed E-state index contributed by atoms with van der Waals surface area (Å²) in [5, 5.41) is 12.4. The number of ether oxygens (including phenoxy) is 1.